The van der Waals surface area contributed by atoms with Crippen LogP contribution in [-0.4, -0.2) is 40.0 Å². The Bertz CT molecular complexity index is 626. The van der Waals surface area contributed by atoms with E-state index in [1.807, 2.05) is 6.92 Å². The van der Waals surface area contributed by atoms with E-state index in [1.165, 1.54) is 13.3 Å². The van der Waals surface area contributed by atoms with E-state index >= 15 is 0 Å². The van der Waals surface area contributed by atoms with Gasteiger partial charge < -0.3 is 10.1 Å². The Kier molecular flexibility index (Phi) is 4.96. The van der Waals surface area contributed by atoms with Crippen molar-refractivity contribution in [3.8, 4) is 11.3 Å². The maximum absolute atomic E-state index is 13.0. The molecule has 120 valence electrons. The first-order chi connectivity index (χ1) is 10.4. The number of methoxy groups -OCH3 is 1. The molecule has 0 aliphatic rings. The summed E-state index contributed by atoms with van der Waals surface area (Å²) in [6.07, 6.45) is -1.43. The van der Waals surface area contributed by atoms with Crippen molar-refractivity contribution >= 4 is 5.95 Å². The number of nitrogens with zero attached hydrogens (tertiary/aromatic N) is 4. The van der Waals surface area contributed by atoms with Crippen LogP contribution in [0.4, 0.5) is 19.1 Å². The zero-order valence-electron chi connectivity index (χ0n) is 12.2. The van der Waals surface area contributed by atoms with Crippen molar-refractivity contribution in [1.82, 2.24) is 19.7 Å². The molecule has 2 aromatic heterocycles. The van der Waals surface area contributed by atoms with E-state index in [1.54, 1.807) is 10.9 Å². The molecule has 0 bridgehead atoms. The molecule has 1 N–H and O–H groups in total. The summed E-state index contributed by atoms with van der Waals surface area (Å²) in [5.41, 5.74) is -0.326. The van der Waals surface area contributed by atoms with Gasteiger partial charge in [0, 0.05) is 32.0 Å². The van der Waals surface area contributed by atoms with Crippen LogP contribution < -0.4 is 5.32 Å². The zero-order chi connectivity index (χ0) is 16.2. The van der Waals surface area contributed by atoms with Gasteiger partial charge in [0.15, 0.2) is 5.69 Å². The molecule has 0 aromatic carbocycles. The maximum Gasteiger partial charge on any atom is 0.433 e. The summed E-state index contributed by atoms with van der Waals surface area (Å²) >= 11 is 0. The SMILES string of the molecule is CCn1cc(-c2cc(C(F)(F)F)nc(NCCOC)n2)cn1. The molecule has 0 unspecified atom stereocenters. The lowest BCUT2D eigenvalue weighted by atomic mass is 10.2. The van der Waals surface area contributed by atoms with Crippen LogP contribution in [0.2, 0.25) is 0 Å². The highest BCUT2D eigenvalue weighted by molar-refractivity contribution is 5.59. The molecular formula is C13H16F3N5O. The number of hydrogen-bond acceptors (Lipinski definition) is 5. The van der Waals surface area contributed by atoms with Crippen molar-refractivity contribution in [2.75, 3.05) is 25.6 Å². The van der Waals surface area contributed by atoms with E-state index < -0.39 is 11.9 Å². The first-order valence-electron chi connectivity index (χ1n) is 6.66. The first kappa shape index (κ1) is 16.2. The van der Waals surface area contributed by atoms with Gasteiger partial charge in [0.2, 0.25) is 5.95 Å². The second kappa shape index (κ2) is 6.73. The highest BCUT2D eigenvalue weighted by atomic mass is 19.4. The van der Waals surface area contributed by atoms with E-state index in [4.69, 9.17) is 4.74 Å². The van der Waals surface area contributed by atoms with Crippen LogP contribution >= 0.6 is 0 Å². The van der Waals surface area contributed by atoms with Crippen LogP contribution in [0.25, 0.3) is 11.3 Å². The molecule has 0 radical (unpaired) electrons. The lowest BCUT2D eigenvalue weighted by molar-refractivity contribution is -0.141. The molecule has 0 aliphatic carbocycles. The Balaban J connectivity index is 2.37. The summed E-state index contributed by atoms with van der Waals surface area (Å²) in [6.45, 7) is 3.15. The molecule has 9 heteroatoms. The number of aryl methyl sites for hydroxylation is 1. The highest BCUT2D eigenvalue weighted by Crippen LogP contribution is 2.30. The molecule has 22 heavy (non-hydrogen) atoms. The molecule has 0 fully saturated rings. The van der Waals surface area contributed by atoms with Crippen LogP contribution in [0.3, 0.4) is 0 Å². The molecule has 0 aliphatic heterocycles. The van der Waals surface area contributed by atoms with Crippen molar-refractivity contribution in [3.05, 3.63) is 24.2 Å². The molecule has 0 saturated heterocycles. The number of anilines is 1. The fourth-order valence-corrected chi connectivity index (χ4v) is 1.75. The first-order valence-corrected chi connectivity index (χ1v) is 6.66. The van der Waals surface area contributed by atoms with Gasteiger partial charge in [-0.3, -0.25) is 4.68 Å². The quantitative estimate of drug-likeness (QED) is 0.830. The number of rotatable bonds is 6. The van der Waals surface area contributed by atoms with Gasteiger partial charge in [-0.1, -0.05) is 0 Å². The Morgan fingerprint density at radius 3 is 2.68 bits per heavy atom. The standard InChI is InChI=1S/C13H16F3N5O/c1-3-21-8-9(7-18-21)10-6-11(13(14,15)16)20-12(19-10)17-4-5-22-2/h6-8H,3-5H2,1-2H3,(H,17,19,20). The molecule has 0 amide bonds. The van der Waals surface area contributed by atoms with Gasteiger partial charge in [-0.05, 0) is 13.0 Å². The molecule has 6 nitrogen and oxygen atoms in total. The summed E-state index contributed by atoms with van der Waals surface area (Å²) in [5.74, 6) is -0.0916. The maximum atomic E-state index is 13.0. The molecule has 2 aromatic rings. The molecule has 0 spiro atoms. The monoisotopic (exact) mass is 315 g/mol. The van der Waals surface area contributed by atoms with Gasteiger partial charge in [-0.2, -0.15) is 18.3 Å². The lowest BCUT2D eigenvalue weighted by Gasteiger charge is -2.10. The predicted molar refractivity (Wildman–Crippen MR) is 74.3 cm³/mol. The summed E-state index contributed by atoms with van der Waals surface area (Å²) in [4.78, 5) is 7.60. The van der Waals surface area contributed by atoms with E-state index in [0.717, 1.165) is 6.07 Å². The summed E-state index contributed by atoms with van der Waals surface area (Å²) in [5, 5.41) is 6.76. The van der Waals surface area contributed by atoms with Crippen molar-refractivity contribution in [2.45, 2.75) is 19.6 Å². The third kappa shape index (κ3) is 3.94. The molecule has 0 saturated carbocycles. The number of nitrogens with one attached hydrogen (secondary N) is 1. The number of alkyl halides is 3. The van der Waals surface area contributed by atoms with Gasteiger partial charge in [0.1, 0.15) is 0 Å². The van der Waals surface area contributed by atoms with Gasteiger partial charge in [-0.25, -0.2) is 9.97 Å². The zero-order valence-corrected chi connectivity index (χ0v) is 12.2. The minimum absolute atomic E-state index is 0.0916. The predicted octanol–water partition coefficient (Wildman–Crippen LogP) is 2.44. The summed E-state index contributed by atoms with van der Waals surface area (Å²) in [7, 11) is 1.50. The minimum Gasteiger partial charge on any atom is -0.383 e. The fraction of sp³-hybridized carbons (Fsp3) is 0.462. The Morgan fingerprint density at radius 2 is 2.09 bits per heavy atom. The molecule has 0 atom stereocenters. The average Bonchev–Trinajstić information content (AvgIpc) is 2.95. The van der Waals surface area contributed by atoms with Crippen molar-refractivity contribution in [3.63, 3.8) is 0 Å². The lowest BCUT2D eigenvalue weighted by Crippen LogP contribution is -2.15. The van der Waals surface area contributed by atoms with Crippen molar-refractivity contribution in [1.29, 1.82) is 0 Å². The van der Waals surface area contributed by atoms with E-state index in [9.17, 15) is 13.2 Å². The Hall–Kier alpha value is -2.16. The third-order valence-corrected chi connectivity index (χ3v) is 2.86. The number of ether oxygens (including phenoxy) is 1. The third-order valence-electron chi connectivity index (χ3n) is 2.86. The molecule has 2 heterocycles. The van der Waals surface area contributed by atoms with Crippen LogP contribution in [-0.2, 0) is 17.5 Å². The Labute approximate surface area is 125 Å². The number of hydrogen-bond donors (Lipinski definition) is 1. The second-order valence-corrected chi connectivity index (χ2v) is 4.46. The highest BCUT2D eigenvalue weighted by Gasteiger charge is 2.33. The topological polar surface area (TPSA) is 64.9 Å². The minimum atomic E-state index is -4.55. The van der Waals surface area contributed by atoms with Crippen LogP contribution in [0.5, 0.6) is 0 Å². The van der Waals surface area contributed by atoms with Crippen LogP contribution in [0, 0.1) is 0 Å². The number of aromatic nitrogens is 4. The second-order valence-electron chi connectivity index (χ2n) is 4.46. The van der Waals surface area contributed by atoms with E-state index in [-0.39, 0.29) is 11.6 Å². The van der Waals surface area contributed by atoms with Gasteiger partial charge >= 0.3 is 6.18 Å². The largest absolute Gasteiger partial charge is 0.433 e. The Morgan fingerprint density at radius 1 is 1.32 bits per heavy atom. The number of halogens is 3. The normalized spacial score (nSPS) is 11.7. The van der Waals surface area contributed by atoms with Gasteiger partial charge in [-0.15, -0.1) is 0 Å². The fourth-order valence-electron chi connectivity index (χ4n) is 1.75. The average molecular weight is 315 g/mol. The molecular weight excluding hydrogens is 299 g/mol. The van der Waals surface area contributed by atoms with Crippen LogP contribution in [0.1, 0.15) is 12.6 Å². The smallest absolute Gasteiger partial charge is 0.383 e. The van der Waals surface area contributed by atoms with Gasteiger partial charge in [0.05, 0.1) is 18.5 Å². The van der Waals surface area contributed by atoms with Crippen molar-refractivity contribution < 1.29 is 17.9 Å². The van der Waals surface area contributed by atoms with Gasteiger partial charge in [0.25, 0.3) is 0 Å². The van der Waals surface area contributed by atoms with Crippen molar-refractivity contribution in [2.24, 2.45) is 0 Å². The summed E-state index contributed by atoms with van der Waals surface area (Å²) < 4.78 is 45.3. The molecule has 2 rings (SSSR count). The van der Waals surface area contributed by atoms with E-state index in [0.29, 0.717) is 25.3 Å². The van der Waals surface area contributed by atoms with E-state index in [2.05, 4.69) is 20.4 Å². The van der Waals surface area contributed by atoms with Crippen LogP contribution in [0.15, 0.2) is 18.5 Å². The summed E-state index contributed by atoms with van der Waals surface area (Å²) in [6, 6.07) is 0.915.